The highest BCUT2D eigenvalue weighted by molar-refractivity contribution is 6.02. The van der Waals surface area contributed by atoms with Crippen molar-refractivity contribution < 1.29 is 23.9 Å². The van der Waals surface area contributed by atoms with E-state index in [0.717, 1.165) is 17.3 Å². The second kappa shape index (κ2) is 12.9. The minimum absolute atomic E-state index is 0.0981. The second-order valence-corrected chi connectivity index (χ2v) is 11.0. The molecule has 40 heavy (non-hydrogen) atoms. The van der Waals surface area contributed by atoms with Crippen molar-refractivity contribution in [1.29, 1.82) is 5.26 Å². The Morgan fingerprint density at radius 1 is 1.20 bits per heavy atom. The van der Waals surface area contributed by atoms with Crippen molar-refractivity contribution in [2.24, 2.45) is 11.8 Å². The fourth-order valence-corrected chi connectivity index (χ4v) is 5.62. The second-order valence-electron chi connectivity index (χ2n) is 11.0. The van der Waals surface area contributed by atoms with Crippen LogP contribution in [-0.2, 0) is 14.4 Å². The molecule has 1 aromatic heterocycles. The van der Waals surface area contributed by atoms with Crippen molar-refractivity contribution in [3.8, 4) is 11.8 Å². The fraction of sp³-hybridized carbons (Fsp3) is 0.552. The van der Waals surface area contributed by atoms with E-state index in [2.05, 4.69) is 27.0 Å². The topological polar surface area (TPSA) is 156 Å². The van der Waals surface area contributed by atoms with Crippen LogP contribution in [0.25, 0.3) is 10.9 Å². The zero-order valence-corrected chi connectivity index (χ0v) is 23.3. The minimum atomic E-state index is -0.830. The van der Waals surface area contributed by atoms with Gasteiger partial charge in [0.25, 0.3) is 5.91 Å². The molecule has 2 aliphatic rings. The maximum absolute atomic E-state index is 13.7. The van der Waals surface area contributed by atoms with Crippen LogP contribution in [0.3, 0.4) is 0 Å². The Morgan fingerprint density at radius 2 is 2.00 bits per heavy atom. The number of nitrogens with one attached hydrogen (secondary N) is 4. The van der Waals surface area contributed by atoms with Gasteiger partial charge in [-0.15, -0.1) is 0 Å². The van der Waals surface area contributed by atoms with E-state index in [-0.39, 0.29) is 30.1 Å². The first-order valence-electron chi connectivity index (χ1n) is 14.0. The van der Waals surface area contributed by atoms with Crippen LogP contribution < -0.4 is 20.7 Å². The number of fused-ring (bicyclic) bond motifs is 1. The van der Waals surface area contributed by atoms with Gasteiger partial charge in [0.1, 0.15) is 29.6 Å². The summed E-state index contributed by atoms with van der Waals surface area (Å²) in [4.78, 5) is 56.9. The molecule has 0 radical (unpaired) electrons. The Balaban J connectivity index is 1.45. The van der Waals surface area contributed by atoms with Crippen LogP contribution in [0.4, 0.5) is 0 Å². The highest BCUT2D eigenvalue weighted by Gasteiger charge is 2.39. The highest BCUT2D eigenvalue weighted by Crippen LogP contribution is 2.27. The van der Waals surface area contributed by atoms with E-state index >= 15 is 0 Å². The van der Waals surface area contributed by atoms with Crippen LogP contribution >= 0.6 is 0 Å². The standard InChI is InChI=1S/C29H38N6O5/c1-17(2)13-23(34-27(37)22-15-20-21(33-22)8-4-10-25(20)40-3)29(39)35-12-6-9-24(35)28(38)32-19(16-30)14-18-7-5-11-31-26(18)36/h4,8,10,15,17-19,23-24,33H,5-7,9,11-14H2,1-3H3,(H,31,36)(H,32,38)(H,34,37)/t18-,19?,23?,24?/m0/s1. The summed E-state index contributed by atoms with van der Waals surface area (Å²) in [6.45, 7) is 4.94. The number of aromatic nitrogens is 1. The van der Waals surface area contributed by atoms with Gasteiger partial charge in [0, 0.05) is 29.9 Å². The SMILES string of the molecule is COc1cccc2[nH]c(C(=O)NC(CC(C)C)C(=O)N3CCCC3C(=O)NC(C#N)C[C@@H]3CCCNC3=O)cc12. The van der Waals surface area contributed by atoms with Gasteiger partial charge in [-0.2, -0.15) is 5.26 Å². The van der Waals surface area contributed by atoms with E-state index in [1.807, 2.05) is 32.0 Å². The van der Waals surface area contributed by atoms with Crippen molar-refractivity contribution in [1.82, 2.24) is 25.8 Å². The number of benzene rings is 1. The monoisotopic (exact) mass is 550 g/mol. The number of H-pyrrole nitrogens is 1. The summed E-state index contributed by atoms with van der Waals surface area (Å²) in [5.74, 6) is -0.841. The number of carbonyl (C=O) groups is 4. The van der Waals surface area contributed by atoms with Gasteiger partial charge in [0.2, 0.25) is 17.7 Å². The van der Waals surface area contributed by atoms with Gasteiger partial charge in [0.15, 0.2) is 0 Å². The molecule has 2 aromatic rings. The number of hydrogen-bond donors (Lipinski definition) is 4. The molecular formula is C29H38N6O5. The zero-order chi connectivity index (χ0) is 28.8. The molecule has 3 heterocycles. The smallest absolute Gasteiger partial charge is 0.268 e. The Bertz CT molecular complexity index is 1300. The van der Waals surface area contributed by atoms with Gasteiger partial charge >= 0.3 is 0 Å². The van der Waals surface area contributed by atoms with E-state index in [0.29, 0.717) is 50.2 Å². The number of amides is 4. The largest absolute Gasteiger partial charge is 0.496 e. The van der Waals surface area contributed by atoms with E-state index in [4.69, 9.17) is 4.74 Å². The summed E-state index contributed by atoms with van der Waals surface area (Å²) in [5.41, 5.74) is 1.05. The minimum Gasteiger partial charge on any atom is -0.496 e. The number of nitrogens with zero attached hydrogens (tertiary/aromatic N) is 2. The van der Waals surface area contributed by atoms with Crippen LogP contribution in [0, 0.1) is 23.2 Å². The van der Waals surface area contributed by atoms with E-state index in [1.54, 1.807) is 13.2 Å². The highest BCUT2D eigenvalue weighted by atomic mass is 16.5. The molecule has 1 aromatic carbocycles. The molecule has 4 atom stereocenters. The summed E-state index contributed by atoms with van der Waals surface area (Å²) < 4.78 is 5.39. The molecule has 11 heteroatoms. The number of piperidine rings is 1. The molecule has 4 rings (SSSR count). The molecule has 4 amide bonds. The number of rotatable bonds is 10. The molecule has 2 saturated heterocycles. The van der Waals surface area contributed by atoms with Gasteiger partial charge in [-0.05, 0) is 62.6 Å². The van der Waals surface area contributed by atoms with Gasteiger partial charge < -0.3 is 30.6 Å². The molecule has 0 saturated carbocycles. The quantitative estimate of drug-likeness (QED) is 0.355. The van der Waals surface area contributed by atoms with Crippen LogP contribution in [0.5, 0.6) is 5.75 Å². The summed E-state index contributed by atoms with van der Waals surface area (Å²) >= 11 is 0. The molecule has 0 spiro atoms. The first-order chi connectivity index (χ1) is 19.2. The number of aromatic amines is 1. The van der Waals surface area contributed by atoms with Gasteiger partial charge in [0.05, 0.1) is 13.2 Å². The molecule has 214 valence electrons. The Kier molecular flexibility index (Phi) is 9.30. The van der Waals surface area contributed by atoms with E-state index < -0.39 is 29.9 Å². The predicted octanol–water partition coefficient (Wildman–Crippen LogP) is 2.24. The lowest BCUT2D eigenvalue weighted by atomic mass is 9.92. The lowest BCUT2D eigenvalue weighted by Gasteiger charge is -2.30. The van der Waals surface area contributed by atoms with Gasteiger partial charge in [-0.1, -0.05) is 19.9 Å². The maximum Gasteiger partial charge on any atom is 0.268 e. The normalized spacial score (nSPS) is 20.5. The third kappa shape index (κ3) is 6.55. The third-order valence-corrected chi connectivity index (χ3v) is 7.63. The van der Waals surface area contributed by atoms with Crippen LogP contribution in [0.1, 0.15) is 62.9 Å². The number of carbonyl (C=O) groups excluding carboxylic acids is 4. The van der Waals surface area contributed by atoms with Crippen molar-refractivity contribution in [3.63, 3.8) is 0 Å². The number of methoxy groups -OCH3 is 1. The molecular weight excluding hydrogens is 512 g/mol. The maximum atomic E-state index is 13.7. The molecule has 2 fully saturated rings. The zero-order valence-electron chi connectivity index (χ0n) is 23.3. The lowest BCUT2D eigenvalue weighted by Crippen LogP contribution is -2.55. The number of hydrogen-bond acceptors (Lipinski definition) is 6. The van der Waals surface area contributed by atoms with Crippen molar-refractivity contribution in [2.75, 3.05) is 20.2 Å². The third-order valence-electron chi connectivity index (χ3n) is 7.63. The van der Waals surface area contributed by atoms with Crippen LogP contribution in [-0.4, -0.2) is 71.8 Å². The van der Waals surface area contributed by atoms with Gasteiger partial charge in [-0.3, -0.25) is 19.2 Å². The average molecular weight is 551 g/mol. The van der Waals surface area contributed by atoms with E-state index in [9.17, 15) is 24.4 Å². The van der Waals surface area contributed by atoms with Crippen LogP contribution in [0.15, 0.2) is 24.3 Å². The molecule has 11 nitrogen and oxygen atoms in total. The van der Waals surface area contributed by atoms with Crippen LogP contribution in [0.2, 0.25) is 0 Å². The molecule has 0 bridgehead atoms. The number of nitriles is 1. The number of ether oxygens (including phenoxy) is 1. The summed E-state index contributed by atoms with van der Waals surface area (Å²) in [6.07, 6.45) is 3.24. The van der Waals surface area contributed by atoms with Crippen molar-refractivity contribution in [2.45, 2.75) is 70.5 Å². The Morgan fingerprint density at radius 3 is 2.70 bits per heavy atom. The van der Waals surface area contributed by atoms with Crippen molar-refractivity contribution >= 4 is 34.5 Å². The lowest BCUT2D eigenvalue weighted by molar-refractivity contribution is -0.140. The number of likely N-dealkylation sites (tertiary alicyclic amines) is 1. The first kappa shape index (κ1) is 28.9. The van der Waals surface area contributed by atoms with Crippen molar-refractivity contribution in [3.05, 3.63) is 30.0 Å². The Hall–Kier alpha value is -4.07. The molecule has 0 aliphatic carbocycles. The van der Waals surface area contributed by atoms with E-state index in [1.165, 1.54) is 4.90 Å². The predicted molar refractivity (Wildman–Crippen MR) is 148 cm³/mol. The fourth-order valence-electron chi connectivity index (χ4n) is 5.62. The first-order valence-corrected chi connectivity index (χ1v) is 14.0. The molecule has 4 N–H and O–H groups in total. The summed E-state index contributed by atoms with van der Waals surface area (Å²) in [6, 6.07) is 6.86. The average Bonchev–Trinajstić information content (AvgIpc) is 3.60. The molecule has 2 aliphatic heterocycles. The van der Waals surface area contributed by atoms with Gasteiger partial charge in [-0.25, -0.2) is 0 Å². The summed E-state index contributed by atoms with van der Waals surface area (Å²) in [5, 5.41) is 18.9. The molecule has 3 unspecified atom stereocenters. The summed E-state index contributed by atoms with van der Waals surface area (Å²) in [7, 11) is 1.56. The Labute approximate surface area is 234 Å².